The van der Waals surface area contributed by atoms with E-state index in [0.717, 1.165) is 5.56 Å². The van der Waals surface area contributed by atoms with Gasteiger partial charge in [0.05, 0.1) is 15.5 Å². The minimum atomic E-state index is -0.467. The SMILES string of the molecule is Cc1ccc(N2C(=O)C(=CC(Cl)=Cc3ccc([N+](=O)[O-])cc3)SC2=S)cc1. The molecule has 8 heteroatoms. The zero-order valence-corrected chi connectivity index (χ0v) is 16.5. The highest BCUT2D eigenvalue weighted by Crippen LogP contribution is 2.36. The average molecular weight is 417 g/mol. The third-order valence-corrected chi connectivity index (χ3v) is 5.28. The van der Waals surface area contributed by atoms with Gasteiger partial charge in [-0.1, -0.05) is 53.3 Å². The Morgan fingerprint density at radius 1 is 1.19 bits per heavy atom. The van der Waals surface area contributed by atoms with Gasteiger partial charge in [-0.2, -0.15) is 0 Å². The maximum atomic E-state index is 12.7. The van der Waals surface area contributed by atoms with Gasteiger partial charge in [0.1, 0.15) is 0 Å². The summed E-state index contributed by atoms with van der Waals surface area (Å²) < 4.78 is 0.440. The molecule has 1 heterocycles. The summed E-state index contributed by atoms with van der Waals surface area (Å²) in [5.74, 6) is -0.232. The minimum absolute atomic E-state index is 0.00208. The molecule has 1 fully saturated rings. The van der Waals surface area contributed by atoms with E-state index >= 15 is 0 Å². The van der Waals surface area contributed by atoms with Crippen molar-refractivity contribution in [1.29, 1.82) is 0 Å². The van der Waals surface area contributed by atoms with Gasteiger partial charge in [0.25, 0.3) is 11.6 Å². The summed E-state index contributed by atoms with van der Waals surface area (Å²) >= 11 is 12.8. The van der Waals surface area contributed by atoms with Crippen molar-refractivity contribution >= 4 is 63.3 Å². The molecular weight excluding hydrogens is 404 g/mol. The van der Waals surface area contributed by atoms with Crippen molar-refractivity contribution in [3.8, 4) is 0 Å². The number of nitro benzene ring substituents is 1. The molecule has 27 heavy (non-hydrogen) atoms. The van der Waals surface area contributed by atoms with Gasteiger partial charge in [0.2, 0.25) is 0 Å². The van der Waals surface area contributed by atoms with Crippen LogP contribution in [-0.2, 0) is 4.79 Å². The second-order valence-corrected chi connectivity index (χ2v) is 7.84. The van der Waals surface area contributed by atoms with Crippen LogP contribution in [0.1, 0.15) is 11.1 Å². The topological polar surface area (TPSA) is 63.5 Å². The lowest BCUT2D eigenvalue weighted by molar-refractivity contribution is -0.384. The average Bonchev–Trinajstić information content (AvgIpc) is 2.90. The molecule has 0 bridgehead atoms. The van der Waals surface area contributed by atoms with Crippen molar-refractivity contribution in [3.63, 3.8) is 0 Å². The predicted octanol–water partition coefficient (Wildman–Crippen LogP) is 5.43. The van der Waals surface area contributed by atoms with Gasteiger partial charge in [0, 0.05) is 17.2 Å². The predicted molar refractivity (Wildman–Crippen MR) is 114 cm³/mol. The molecule has 5 nitrogen and oxygen atoms in total. The number of anilines is 1. The highest BCUT2D eigenvalue weighted by molar-refractivity contribution is 8.27. The minimum Gasteiger partial charge on any atom is -0.268 e. The Morgan fingerprint density at radius 3 is 2.41 bits per heavy atom. The van der Waals surface area contributed by atoms with Crippen LogP contribution in [0.4, 0.5) is 11.4 Å². The smallest absolute Gasteiger partial charge is 0.268 e. The number of allylic oxidation sites excluding steroid dienone is 2. The molecular formula is C19H13ClN2O3S2. The van der Waals surface area contributed by atoms with Gasteiger partial charge < -0.3 is 0 Å². The van der Waals surface area contributed by atoms with Gasteiger partial charge in [-0.3, -0.25) is 19.8 Å². The third-order valence-electron chi connectivity index (χ3n) is 3.76. The number of nitro groups is 1. The molecule has 1 saturated heterocycles. The quantitative estimate of drug-likeness (QED) is 0.287. The number of aryl methyl sites for hydroxylation is 1. The first kappa shape index (κ1) is 19.3. The molecule has 1 aliphatic heterocycles. The van der Waals surface area contributed by atoms with Crippen LogP contribution in [0, 0.1) is 17.0 Å². The summed E-state index contributed by atoms with van der Waals surface area (Å²) in [4.78, 5) is 24.8. The number of rotatable bonds is 4. The first-order chi connectivity index (χ1) is 12.8. The van der Waals surface area contributed by atoms with Crippen molar-refractivity contribution in [2.45, 2.75) is 6.92 Å². The van der Waals surface area contributed by atoms with Crippen molar-refractivity contribution in [1.82, 2.24) is 0 Å². The maximum Gasteiger partial charge on any atom is 0.270 e. The van der Waals surface area contributed by atoms with Crippen LogP contribution in [0.5, 0.6) is 0 Å². The first-order valence-electron chi connectivity index (χ1n) is 7.81. The van der Waals surface area contributed by atoms with Crippen LogP contribution in [-0.4, -0.2) is 15.2 Å². The number of non-ortho nitro benzene ring substituents is 1. The van der Waals surface area contributed by atoms with Crippen LogP contribution in [0.3, 0.4) is 0 Å². The second-order valence-electron chi connectivity index (χ2n) is 5.73. The zero-order valence-electron chi connectivity index (χ0n) is 14.1. The molecule has 2 aromatic carbocycles. The van der Waals surface area contributed by atoms with E-state index in [1.54, 1.807) is 24.3 Å². The van der Waals surface area contributed by atoms with E-state index in [0.29, 0.717) is 25.5 Å². The Morgan fingerprint density at radius 2 is 1.81 bits per heavy atom. The Labute approximate surface area is 170 Å². The maximum absolute atomic E-state index is 12.7. The molecule has 0 aromatic heterocycles. The number of thioether (sulfide) groups is 1. The number of amides is 1. The summed E-state index contributed by atoms with van der Waals surface area (Å²) in [5, 5.41) is 11.0. The van der Waals surface area contributed by atoms with E-state index in [-0.39, 0.29) is 11.6 Å². The molecule has 0 saturated carbocycles. The molecule has 0 spiro atoms. The molecule has 0 unspecified atom stereocenters. The zero-order chi connectivity index (χ0) is 19.6. The van der Waals surface area contributed by atoms with Crippen molar-refractivity contribution in [3.05, 3.63) is 85.8 Å². The molecule has 1 amide bonds. The third kappa shape index (κ3) is 4.44. The Hall–Kier alpha value is -2.48. The fourth-order valence-corrected chi connectivity index (χ4v) is 3.99. The standard InChI is InChI=1S/C19H13ClN2O3S2/c1-12-2-6-15(7-3-12)21-18(23)17(27-19(21)26)11-14(20)10-13-4-8-16(9-5-13)22(24)25/h2-11H,1H3. The van der Waals surface area contributed by atoms with E-state index in [9.17, 15) is 14.9 Å². The van der Waals surface area contributed by atoms with E-state index in [1.807, 2.05) is 31.2 Å². The summed E-state index contributed by atoms with van der Waals surface area (Å²) in [6.07, 6.45) is 3.18. The number of carbonyl (C=O) groups is 1. The first-order valence-corrected chi connectivity index (χ1v) is 9.42. The summed E-state index contributed by atoms with van der Waals surface area (Å²) in [6.45, 7) is 1.97. The number of benzene rings is 2. The number of thiocarbonyl (C=S) groups is 1. The normalized spacial score (nSPS) is 16.3. The second kappa shape index (κ2) is 8.04. The van der Waals surface area contributed by atoms with Crippen LogP contribution < -0.4 is 4.90 Å². The van der Waals surface area contributed by atoms with E-state index in [4.69, 9.17) is 23.8 Å². The summed E-state index contributed by atoms with van der Waals surface area (Å²) in [6, 6.07) is 13.5. The van der Waals surface area contributed by atoms with Crippen molar-refractivity contribution < 1.29 is 9.72 Å². The Kier molecular flexibility index (Phi) is 5.74. The van der Waals surface area contributed by atoms with Crippen molar-refractivity contribution in [2.24, 2.45) is 0 Å². The fourth-order valence-electron chi connectivity index (χ4n) is 2.40. The van der Waals surface area contributed by atoms with E-state index in [1.165, 1.54) is 28.8 Å². The number of carbonyl (C=O) groups excluding carboxylic acids is 1. The molecule has 0 N–H and O–H groups in total. The number of nitrogens with zero attached hydrogens (tertiary/aromatic N) is 2. The molecule has 0 atom stereocenters. The summed E-state index contributed by atoms with van der Waals surface area (Å²) in [7, 11) is 0. The highest BCUT2D eigenvalue weighted by Gasteiger charge is 2.33. The van der Waals surface area contributed by atoms with Gasteiger partial charge in [-0.25, -0.2) is 0 Å². The van der Waals surface area contributed by atoms with Crippen LogP contribution >= 0.6 is 35.6 Å². The fraction of sp³-hybridized carbons (Fsp3) is 0.0526. The number of hydrogen-bond acceptors (Lipinski definition) is 5. The molecule has 1 aliphatic rings. The van der Waals surface area contributed by atoms with Crippen LogP contribution in [0.2, 0.25) is 0 Å². The number of halogens is 1. The molecule has 3 rings (SSSR count). The van der Waals surface area contributed by atoms with Gasteiger partial charge >= 0.3 is 0 Å². The number of hydrogen-bond donors (Lipinski definition) is 0. The van der Waals surface area contributed by atoms with Gasteiger partial charge in [0.15, 0.2) is 4.32 Å². The lowest BCUT2D eigenvalue weighted by atomic mass is 10.2. The van der Waals surface area contributed by atoms with Crippen LogP contribution in [0.15, 0.2) is 64.5 Å². The van der Waals surface area contributed by atoms with Crippen molar-refractivity contribution in [2.75, 3.05) is 4.90 Å². The highest BCUT2D eigenvalue weighted by atomic mass is 35.5. The largest absolute Gasteiger partial charge is 0.270 e. The lowest BCUT2D eigenvalue weighted by Crippen LogP contribution is -2.27. The van der Waals surface area contributed by atoms with Gasteiger partial charge in [-0.15, -0.1) is 0 Å². The van der Waals surface area contributed by atoms with Crippen LogP contribution in [0.25, 0.3) is 6.08 Å². The van der Waals surface area contributed by atoms with E-state index < -0.39 is 4.92 Å². The monoisotopic (exact) mass is 416 g/mol. The summed E-state index contributed by atoms with van der Waals surface area (Å²) in [5.41, 5.74) is 2.49. The molecule has 0 radical (unpaired) electrons. The van der Waals surface area contributed by atoms with E-state index in [2.05, 4.69) is 0 Å². The Bertz CT molecular complexity index is 983. The molecule has 0 aliphatic carbocycles. The van der Waals surface area contributed by atoms with Gasteiger partial charge in [-0.05, 0) is 48.9 Å². The molecule has 2 aromatic rings. The molecule has 136 valence electrons. The lowest BCUT2D eigenvalue weighted by Gasteiger charge is -2.14. The Balaban J connectivity index is 1.82.